The number of carbonyl (C=O) groups is 1. The number of aromatic amines is 1. The van der Waals surface area contributed by atoms with Crippen molar-refractivity contribution in [1.29, 1.82) is 0 Å². The Hall–Kier alpha value is -2.26. The van der Waals surface area contributed by atoms with Gasteiger partial charge in [-0.25, -0.2) is 0 Å². The highest BCUT2D eigenvalue weighted by molar-refractivity contribution is 6.31. The van der Waals surface area contributed by atoms with E-state index in [4.69, 9.17) is 16.3 Å². The predicted molar refractivity (Wildman–Crippen MR) is 85.3 cm³/mol. The summed E-state index contributed by atoms with van der Waals surface area (Å²) in [7, 11) is 0. The third-order valence-corrected chi connectivity index (χ3v) is 3.61. The molecule has 3 nitrogen and oxygen atoms in total. The fourth-order valence-electron chi connectivity index (χ4n) is 2.47. The lowest BCUT2D eigenvalue weighted by molar-refractivity contribution is 0.112. The van der Waals surface area contributed by atoms with Crippen LogP contribution in [0.2, 0.25) is 5.02 Å². The molecule has 0 spiro atoms. The molecule has 0 aliphatic carbocycles. The Morgan fingerprint density at radius 3 is 2.81 bits per heavy atom. The van der Waals surface area contributed by atoms with Crippen LogP contribution >= 0.6 is 11.6 Å². The highest BCUT2D eigenvalue weighted by Crippen LogP contribution is 2.35. The number of aldehydes is 1. The molecule has 0 saturated heterocycles. The first kappa shape index (κ1) is 13.7. The summed E-state index contributed by atoms with van der Waals surface area (Å²) in [5, 5.41) is 1.42. The van der Waals surface area contributed by atoms with Gasteiger partial charge < -0.3 is 9.72 Å². The quantitative estimate of drug-likeness (QED) is 0.710. The van der Waals surface area contributed by atoms with Crippen molar-refractivity contribution in [3.05, 3.63) is 53.1 Å². The van der Waals surface area contributed by atoms with Crippen LogP contribution in [0.5, 0.6) is 5.75 Å². The SMILES string of the molecule is CCOc1ccccc1-c1[nH]c2ccc(Cl)cc2c1C=O. The van der Waals surface area contributed by atoms with E-state index in [0.717, 1.165) is 34.2 Å². The van der Waals surface area contributed by atoms with Gasteiger partial charge in [0.15, 0.2) is 6.29 Å². The number of ether oxygens (including phenoxy) is 1. The lowest BCUT2D eigenvalue weighted by Crippen LogP contribution is -1.95. The Bertz CT molecular complexity index is 808. The monoisotopic (exact) mass is 299 g/mol. The molecule has 0 fully saturated rings. The van der Waals surface area contributed by atoms with Crippen molar-refractivity contribution in [3.8, 4) is 17.0 Å². The van der Waals surface area contributed by atoms with E-state index < -0.39 is 0 Å². The molecular formula is C17H14ClNO2. The topological polar surface area (TPSA) is 42.1 Å². The second-order valence-electron chi connectivity index (χ2n) is 4.65. The second kappa shape index (κ2) is 5.62. The first-order chi connectivity index (χ1) is 10.2. The number of benzene rings is 2. The van der Waals surface area contributed by atoms with Gasteiger partial charge >= 0.3 is 0 Å². The Labute approximate surface area is 127 Å². The average molecular weight is 300 g/mol. The van der Waals surface area contributed by atoms with Gasteiger partial charge in [0, 0.05) is 27.1 Å². The maximum absolute atomic E-state index is 11.6. The Kier molecular flexibility index (Phi) is 3.67. The van der Waals surface area contributed by atoms with Crippen molar-refractivity contribution in [3.63, 3.8) is 0 Å². The van der Waals surface area contributed by atoms with Crippen LogP contribution in [0.4, 0.5) is 0 Å². The summed E-state index contributed by atoms with van der Waals surface area (Å²) in [6.45, 7) is 2.50. The number of aromatic nitrogens is 1. The van der Waals surface area contributed by atoms with Gasteiger partial charge in [-0.15, -0.1) is 0 Å². The van der Waals surface area contributed by atoms with Crippen molar-refractivity contribution in [2.75, 3.05) is 6.61 Å². The molecule has 21 heavy (non-hydrogen) atoms. The van der Waals surface area contributed by atoms with Crippen LogP contribution < -0.4 is 4.74 Å². The number of hydrogen-bond donors (Lipinski definition) is 1. The molecule has 0 bridgehead atoms. The van der Waals surface area contributed by atoms with Crippen LogP contribution in [0.15, 0.2) is 42.5 Å². The molecule has 2 aromatic carbocycles. The average Bonchev–Trinajstić information content (AvgIpc) is 2.85. The van der Waals surface area contributed by atoms with Gasteiger partial charge in [-0.2, -0.15) is 0 Å². The first-order valence-corrected chi connectivity index (χ1v) is 7.11. The Morgan fingerprint density at radius 2 is 2.05 bits per heavy atom. The molecule has 0 saturated carbocycles. The largest absolute Gasteiger partial charge is 0.493 e. The minimum Gasteiger partial charge on any atom is -0.493 e. The molecule has 0 radical (unpaired) electrons. The molecule has 106 valence electrons. The van der Waals surface area contributed by atoms with E-state index >= 15 is 0 Å². The van der Waals surface area contributed by atoms with Gasteiger partial charge in [0.05, 0.1) is 12.3 Å². The number of hydrogen-bond acceptors (Lipinski definition) is 2. The van der Waals surface area contributed by atoms with Gasteiger partial charge in [0.2, 0.25) is 0 Å². The number of halogens is 1. The van der Waals surface area contributed by atoms with Gasteiger partial charge in [-0.05, 0) is 37.3 Å². The zero-order chi connectivity index (χ0) is 14.8. The summed E-state index contributed by atoms with van der Waals surface area (Å²) < 4.78 is 5.65. The molecule has 3 rings (SSSR count). The molecule has 1 aromatic heterocycles. The van der Waals surface area contributed by atoms with Crippen LogP contribution in [-0.4, -0.2) is 17.9 Å². The van der Waals surface area contributed by atoms with Crippen LogP contribution in [0.1, 0.15) is 17.3 Å². The molecule has 0 atom stereocenters. The summed E-state index contributed by atoms with van der Waals surface area (Å²) in [5.74, 6) is 0.751. The van der Waals surface area contributed by atoms with E-state index in [-0.39, 0.29) is 0 Å². The molecule has 0 amide bonds. The van der Waals surface area contributed by atoms with E-state index in [9.17, 15) is 4.79 Å². The van der Waals surface area contributed by atoms with E-state index in [2.05, 4.69) is 4.98 Å². The fraction of sp³-hybridized carbons (Fsp3) is 0.118. The molecule has 0 unspecified atom stereocenters. The van der Waals surface area contributed by atoms with Crippen LogP contribution in [0.25, 0.3) is 22.2 Å². The molecule has 1 heterocycles. The van der Waals surface area contributed by atoms with Crippen LogP contribution in [0.3, 0.4) is 0 Å². The van der Waals surface area contributed by atoms with E-state index in [1.807, 2.05) is 37.3 Å². The summed E-state index contributed by atoms with van der Waals surface area (Å²) in [5.41, 5.74) is 3.10. The predicted octanol–water partition coefficient (Wildman–Crippen LogP) is 4.70. The lowest BCUT2D eigenvalue weighted by Gasteiger charge is -2.09. The maximum atomic E-state index is 11.6. The summed E-state index contributed by atoms with van der Waals surface area (Å²) in [6.07, 6.45) is 0.854. The summed E-state index contributed by atoms with van der Waals surface area (Å²) in [6, 6.07) is 13.1. The third kappa shape index (κ3) is 2.41. The maximum Gasteiger partial charge on any atom is 0.152 e. The molecule has 0 aliphatic heterocycles. The van der Waals surface area contributed by atoms with Gasteiger partial charge in [0.25, 0.3) is 0 Å². The van der Waals surface area contributed by atoms with Crippen LogP contribution in [-0.2, 0) is 0 Å². The summed E-state index contributed by atoms with van der Waals surface area (Å²) >= 11 is 6.03. The molecule has 3 aromatic rings. The number of rotatable bonds is 4. The minimum absolute atomic E-state index is 0.569. The highest BCUT2D eigenvalue weighted by atomic mass is 35.5. The van der Waals surface area contributed by atoms with Gasteiger partial charge in [-0.1, -0.05) is 23.7 Å². The molecular weight excluding hydrogens is 286 g/mol. The third-order valence-electron chi connectivity index (χ3n) is 3.37. The zero-order valence-electron chi connectivity index (χ0n) is 11.5. The lowest BCUT2D eigenvalue weighted by atomic mass is 10.1. The van der Waals surface area contributed by atoms with E-state index in [1.165, 1.54) is 0 Å². The normalized spacial score (nSPS) is 10.8. The Morgan fingerprint density at radius 1 is 1.24 bits per heavy atom. The minimum atomic E-state index is 0.569. The molecule has 4 heteroatoms. The number of para-hydroxylation sites is 1. The number of carbonyl (C=O) groups excluding carboxylic acids is 1. The van der Waals surface area contributed by atoms with E-state index in [1.54, 1.807) is 12.1 Å². The smallest absolute Gasteiger partial charge is 0.152 e. The van der Waals surface area contributed by atoms with Crippen molar-refractivity contribution < 1.29 is 9.53 Å². The van der Waals surface area contributed by atoms with E-state index in [0.29, 0.717) is 17.2 Å². The van der Waals surface area contributed by atoms with Crippen molar-refractivity contribution >= 4 is 28.8 Å². The first-order valence-electron chi connectivity index (χ1n) is 6.73. The van der Waals surface area contributed by atoms with Crippen molar-refractivity contribution in [1.82, 2.24) is 4.98 Å². The van der Waals surface area contributed by atoms with Crippen molar-refractivity contribution in [2.24, 2.45) is 0 Å². The highest BCUT2D eigenvalue weighted by Gasteiger charge is 2.16. The number of fused-ring (bicyclic) bond motifs is 1. The Balaban J connectivity index is 2.27. The van der Waals surface area contributed by atoms with Crippen LogP contribution in [0, 0.1) is 0 Å². The zero-order valence-corrected chi connectivity index (χ0v) is 12.3. The number of nitrogens with one attached hydrogen (secondary N) is 1. The number of H-pyrrole nitrogens is 1. The molecule has 0 aliphatic rings. The van der Waals surface area contributed by atoms with Crippen molar-refractivity contribution in [2.45, 2.75) is 6.92 Å². The van der Waals surface area contributed by atoms with Gasteiger partial charge in [0.1, 0.15) is 5.75 Å². The summed E-state index contributed by atoms with van der Waals surface area (Å²) in [4.78, 5) is 14.8. The molecule has 1 N–H and O–H groups in total. The second-order valence-corrected chi connectivity index (χ2v) is 5.09. The standard InChI is InChI=1S/C17H14ClNO2/c1-2-21-16-6-4-3-5-12(16)17-14(10-20)13-9-11(18)7-8-15(13)19-17/h3-10,19H,2H2,1H3. The van der Waals surface area contributed by atoms with Gasteiger partial charge in [-0.3, -0.25) is 4.79 Å². The fourth-order valence-corrected chi connectivity index (χ4v) is 2.65.